The third-order valence-electron chi connectivity index (χ3n) is 3.96. The van der Waals surface area contributed by atoms with Gasteiger partial charge in [0.25, 0.3) is 5.91 Å². The molecule has 6 nitrogen and oxygen atoms in total. The molecule has 1 aliphatic heterocycles. The van der Waals surface area contributed by atoms with E-state index in [1.54, 1.807) is 14.0 Å². The molecular formula is C20H23N3O3. The summed E-state index contributed by atoms with van der Waals surface area (Å²) in [6.07, 6.45) is 4.11. The number of primary amides is 1. The Morgan fingerprint density at radius 3 is 2.42 bits per heavy atom. The highest BCUT2D eigenvalue weighted by Crippen LogP contribution is 2.31. The molecule has 6 heteroatoms. The first kappa shape index (κ1) is 19.2. The molecule has 1 amide bonds. The van der Waals surface area contributed by atoms with Gasteiger partial charge in [-0.15, -0.1) is 0 Å². The number of benzene rings is 1. The van der Waals surface area contributed by atoms with Gasteiger partial charge < -0.3 is 14.9 Å². The van der Waals surface area contributed by atoms with E-state index < -0.39 is 5.91 Å². The molecule has 0 atom stereocenters. The van der Waals surface area contributed by atoms with Crippen molar-refractivity contribution >= 4 is 17.7 Å². The number of aromatic nitrogens is 1. The van der Waals surface area contributed by atoms with E-state index in [9.17, 15) is 4.79 Å². The van der Waals surface area contributed by atoms with Crippen LogP contribution in [-0.4, -0.2) is 24.2 Å². The molecule has 0 bridgehead atoms. The summed E-state index contributed by atoms with van der Waals surface area (Å²) in [5.41, 5.74) is 9.51. The number of carbonyl (C=O) groups excluding carboxylic acids is 1. The summed E-state index contributed by atoms with van der Waals surface area (Å²) in [6, 6.07) is 10.3. The van der Waals surface area contributed by atoms with Crippen LogP contribution in [0.3, 0.4) is 0 Å². The van der Waals surface area contributed by atoms with Crippen molar-refractivity contribution in [3.8, 4) is 0 Å². The highest BCUT2D eigenvalue weighted by atomic mass is 16.5. The monoisotopic (exact) mass is 353 g/mol. The summed E-state index contributed by atoms with van der Waals surface area (Å²) in [4.78, 5) is 18.5. The summed E-state index contributed by atoms with van der Waals surface area (Å²) in [5, 5.41) is 0. The minimum atomic E-state index is -0.587. The van der Waals surface area contributed by atoms with E-state index in [1.807, 2.05) is 31.3 Å². The number of carbonyl (C=O) groups is 1. The topological polar surface area (TPSA) is 90.7 Å². The van der Waals surface area contributed by atoms with Crippen LogP contribution in [0.25, 0.3) is 5.57 Å². The third kappa shape index (κ3) is 4.69. The Kier molecular flexibility index (Phi) is 6.49. The van der Waals surface area contributed by atoms with Gasteiger partial charge in [0.1, 0.15) is 0 Å². The molecule has 2 heterocycles. The molecule has 2 N–H and O–H groups in total. The Bertz CT molecular complexity index is 861. The lowest BCUT2D eigenvalue weighted by Gasteiger charge is -2.09. The molecule has 0 radical (unpaired) electrons. The van der Waals surface area contributed by atoms with Gasteiger partial charge >= 0.3 is 0 Å². The third-order valence-corrected chi connectivity index (χ3v) is 3.96. The van der Waals surface area contributed by atoms with Crippen molar-refractivity contribution in [2.24, 2.45) is 10.7 Å². The largest absolute Gasteiger partial charge is 0.501 e. The van der Waals surface area contributed by atoms with Gasteiger partial charge in [0.2, 0.25) is 5.76 Å². The smallest absolute Gasteiger partial charge is 0.286 e. The number of hydrogen-bond donors (Lipinski definition) is 1. The van der Waals surface area contributed by atoms with E-state index in [0.29, 0.717) is 5.89 Å². The summed E-state index contributed by atoms with van der Waals surface area (Å²) in [5.74, 6) is 0.916. The van der Waals surface area contributed by atoms with Crippen LogP contribution in [0.15, 0.2) is 63.0 Å². The highest BCUT2D eigenvalue weighted by molar-refractivity contribution is 5.89. The van der Waals surface area contributed by atoms with Crippen molar-refractivity contribution < 1.29 is 13.9 Å². The van der Waals surface area contributed by atoms with Crippen LogP contribution in [0.5, 0.6) is 0 Å². The Hall–Kier alpha value is -3.15. The fourth-order valence-electron chi connectivity index (χ4n) is 2.46. The second kappa shape index (κ2) is 8.80. The lowest BCUT2D eigenvalue weighted by molar-refractivity contribution is 0.0972. The molecule has 0 fully saturated rings. The highest BCUT2D eigenvalue weighted by Gasteiger charge is 2.16. The maximum atomic E-state index is 10.3. The second-order valence-electron chi connectivity index (χ2n) is 5.70. The molecule has 3 rings (SSSR count). The van der Waals surface area contributed by atoms with E-state index in [1.165, 1.54) is 22.9 Å². The zero-order chi connectivity index (χ0) is 19.1. The SMILES string of the molecule is CO/C(C)=C1\CC=N\C1=C(\C)c1ccccc1.Cc1ncc(C(N)=O)o1. The van der Waals surface area contributed by atoms with Gasteiger partial charge in [-0.3, -0.25) is 9.79 Å². The van der Waals surface area contributed by atoms with Crippen molar-refractivity contribution in [2.45, 2.75) is 27.2 Å². The minimum Gasteiger partial charge on any atom is -0.501 e. The van der Waals surface area contributed by atoms with Crippen LogP contribution >= 0.6 is 0 Å². The first-order valence-corrected chi connectivity index (χ1v) is 8.19. The fraction of sp³-hybridized carbons (Fsp3) is 0.250. The normalized spacial score (nSPS) is 16.6. The van der Waals surface area contributed by atoms with Gasteiger partial charge in [-0.25, -0.2) is 4.98 Å². The van der Waals surface area contributed by atoms with E-state index in [4.69, 9.17) is 14.9 Å². The number of nitrogens with zero attached hydrogens (tertiary/aromatic N) is 2. The van der Waals surface area contributed by atoms with Crippen LogP contribution in [0, 0.1) is 6.92 Å². The molecular weight excluding hydrogens is 330 g/mol. The van der Waals surface area contributed by atoms with E-state index >= 15 is 0 Å². The maximum absolute atomic E-state index is 10.3. The molecule has 0 saturated heterocycles. The van der Waals surface area contributed by atoms with Gasteiger partial charge in [-0.05, 0) is 25.0 Å². The Labute approximate surface area is 153 Å². The first-order valence-electron chi connectivity index (χ1n) is 8.19. The Morgan fingerprint density at radius 1 is 1.23 bits per heavy atom. The zero-order valence-electron chi connectivity index (χ0n) is 15.4. The first-order chi connectivity index (χ1) is 12.4. The summed E-state index contributed by atoms with van der Waals surface area (Å²) in [6.45, 7) is 5.74. The molecule has 136 valence electrons. The van der Waals surface area contributed by atoms with Crippen LogP contribution in [-0.2, 0) is 4.74 Å². The maximum Gasteiger partial charge on any atom is 0.286 e. The van der Waals surface area contributed by atoms with E-state index in [0.717, 1.165) is 17.9 Å². The predicted molar refractivity (Wildman–Crippen MR) is 102 cm³/mol. The molecule has 1 aromatic heterocycles. The molecule has 26 heavy (non-hydrogen) atoms. The fourth-order valence-corrected chi connectivity index (χ4v) is 2.46. The van der Waals surface area contributed by atoms with Crippen LogP contribution in [0.2, 0.25) is 0 Å². The van der Waals surface area contributed by atoms with Crippen LogP contribution in [0.4, 0.5) is 0 Å². The van der Waals surface area contributed by atoms with Gasteiger partial charge in [0.05, 0.1) is 24.8 Å². The Balaban J connectivity index is 0.000000228. The number of amides is 1. The average molecular weight is 353 g/mol. The molecule has 1 aromatic carbocycles. The van der Waals surface area contributed by atoms with Crippen LogP contribution < -0.4 is 5.73 Å². The summed E-state index contributed by atoms with van der Waals surface area (Å²) >= 11 is 0. The number of oxazole rings is 1. The van der Waals surface area contributed by atoms with E-state index in [2.05, 4.69) is 29.0 Å². The summed E-state index contributed by atoms with van der Waals surface area (Å²) < 4.78 is 10.1. The van der Waals surface area contributed by atoms with Gasteiger partial charge in [0, 0.05) is 25.1 Å². The number of aryl methyl sites for hydroxylation is 1. The van der Waals surface area contributed by atoms with Crippen molar-refractivity contribution in [1.82, 2.24) is 4.98 Å². The van der Waals surface area contributed by atoms with Gasteiger partial charge in [0.15, 0.2) is 5.89 Å². The standard InChI is InChI=1S/C15H17NO.C5H6N2O2/c1-11(13-7-5-4-6-8-13)15-14(9-10-16-15)12(2)17-3;1-3-7-2-4(9-3)5(6)8/h4-8,10H,9H2,1-3H3;2H,1H3,(H2,6,8)/b14-12+,15-11-;. The van der Waals surface area contributed by atoms with Crippen molar-refractivity contribution in [1.29, 1.82) is 0 Å². The number of hydrogen-bond acceptors (Lipinski definition) is 5. The van der Waals surface area contributed by atoms with Gasteiger partial charge in [-0.2, -0.15) is 0 Å². The predicted octanol–water partition coefficient (Wildman–Crippen LogP) is 3.89. The number of allylic oxidation sites excluding steroid dienone is 3. The molecule has 2 aromatic rings. The molecule has 0 aliphatic carbocycles. The molecule has 0 saturated carbocycles. The number of nitrogens with two attached hydrogens (primary N) is 1. The van der Waals surface area contributed by atoms with Crippen molar-refractivity contribution in [3.05, 3.63) is 70.8 Å². The minimum absolute atomic E-state index is 0.104. The molecule has 0 unspecified atom stereocenters. The Morgan fingerprint density at radius 2 is 1.92 bits per heavy atom. The van der Waals surface area contributed by atoms with Crippen LogP contribution in [0.1, 0.15) is 42.3 Å². The number of ether oxygens (including phenoxy) is 1. The lowest BCUT2D eigenvalue weighted by Crippen LogP contribution is -2.09. The number of aliphatic imine (C=N–C) groups is 1. The summed E-state index contributed by atoms with van der Waals surface area (Å²) in [7, 11) is 1.70. The van der Waals surface area contributed by atoms with E-state index in [-0.39, 0.29) is 5.76 Å². The number of methoxy groups -OCH3 is 1. The number of rotatable bonds is 3. The quantitative estimate of drug-likeness (QED) is 0.847. The molecule has 0 spiro atoms. The van der Waals surface area contributed by atoms with Gasteiger partial charge in [-0.1, -0.05) is 30.3 Å². The molecule has 1 aliphatic rings. The van der Waals surface area contributed by atoms with Crippen molar-refractivity contribution in [3.63, 3.8) is 0 Å². The average Bonchev–Trinajstić information content (AvgIpc) is 3.31. The lowest BCUT2D eigenvalue weighted by atomic mass is 10.0. The van der Waals surface area contributed by atoms with Crippen molar-refractivity contribution in [2.75, 3.05) is 7.11 Å². The second-order valence-corrected chi connectivity index (χ2v) is 5.70. The zero-order valence-corrected chi connectivity index (χ0v) is 15.4.